The van der Waals surface area contributed by atoms with E-state index >= 15 is 0 Å². The van der Waals surface area contributed by atoms with Gasteiger partial charge in [0.05, 0.1) is 6.54 Å². The summed E-state index contributed by atoms with van der Waals surface area (Å²) in [6.45, 7) is 0.662. The zero-order chi connectivity index (χ0) is 12.7. The highest BCUT2D eigenvalue weighted by Gasteiger charge is 2.41. The molecule has 18 heavy (non-hydrogen) atoms. The molecule has 3 aliphatic rings. The third-order valence-electron chi connectivity index (χ3n) is 4.10. The van der Waals surface area contributed by atoms with Crippen LogP contribution in [0.25, 0.3) is 0 Å². The maximum absolute atomic E-state index is 12.3. The van der Waals surface area contributed by atoms with Gasteiger partial charge in [0, 0.05) is 13.0 Å². The molecular weight excluding hydrogens is 234 g/mol. The molecule has 0 N–H and O–H groups in total. The lowest BCUT2D eigenvalue weighted by Crippen LogP contribution is -2.40. The fraction of sp³-hybridized carbons (Fsp3) is 0.692. The normalized spacial score (nSPS) is 36.6. The van der Waals surface area contributed by atoms with E-state index in [0.29, 0.717) is 18.4 Å². The minimum Gasteiger partial charge on any atom is -0.430 e. The molecule has 1 heterocycles. The van der Waals surface area contributed by atoms with Crippen LogP contribution >= 0.6 is 0 Å². The van der Waals surface area contributed by atoms with Gasteiger partial charge in [-0.15, -0.1) is 0 Å². The first kappa shape index (κ1) is 11.6. The molecule has 3 rings (SSSR count). The maximum atomic E-state index is 12.3. The number of allylic oxidation sites excluding steroid dienone is 2. The van der Waals surface area contributed by atoms with E-state index in [1.54, 1.807) is 11.9 Å². The van der Waals surface area contributed by atoms with Crippen LogP contribution in [0.15, 0.2) is 12.2 Å². The Labute approximate surface area is 106 Å². The first-order valence-corrected chi connectivity index (χ1v) is 6.40. The number of hydrogen-bond donors (Lipinski definition) is 0. The lowest BCUT2D eigenvalue weighted by molar-refractivity contribution is -0.136. The summed E-state index contributed by atoms with van der Waals surface area (Å²) in [7, 11) is 1.77. The molecule has 0 radical (unpaired) electrons. The number of likely N-dealkylation sites (N-methyl/N-ethyl adjacent to an activating group) is 1. The first-order valence-electron chi connectivity index (χ1n) is 6.40. The predicted octanol–water partition coefficient (Wildman–Crippen LogP) is 1.19. The Morgan fingerprint density at radius 2 is 2.28 bits per heavy atom. The SMILES string of the molecule is CN(CC1COC(=O)O1)C(=O)C1CC2C=CC1C2. The summed E-state index contributed by atoms with van der Waals surface area (Å²) in [5.74, 6) is 1.27. The van der Waals surface area contributed by atoms with Gasteiger partial charge in [0.15, 0.2) is 6.10 Å². The molecule has 5 nitrogen and oxygen atoms in total. The summed E-state index contributed by atoms with van der Waals surface area (Å²) in [6.07, 6.45) is 5.52. The molecule has 4 atom stereocenters. The van der Waals surface area contributed by atoms with Gasteiger partial charge in [-0.05, 0) is 24.7 Å². The van der Waals surface area contributed by atoms with E-state index < -0.39 is 6.16 Å². The molecule has 1 amide bonds. The molecule has 4 unspecified atom stereocenters. The summed E-state index contributed by atoms with van der Waals surface area (Å²) < 4.78 is 9.65. The van der Waals surface area contributed by atoms with E-state index in [0.717, 1.165) is 12.8 Å². The number of cyclic esters (lactones) is 2. The summed E-state index contributed by atoms with van der Waals surface area (Å²) >= 11 is 0. The van der Waals surface area contributed by atoms with Crippen LogP contribution in [0, 0.1) is 17.8 Å². The van der Waals surface area contributed by atoms with E-state index in [4.69, 9.17) is 9.47 Å². The van der Waals surface area contributed by atoms with Gasteiger partial charge >= 0.3 is 6.16 Å². The van der Waals surface area contributed by atoms with E-state index in [-0.39, 0.29) is 24.5 Å². The predicted molar refractivity (Wildman–Crippen MR) is 62.7 cm³/mol. The number of ether oxygens (including phenoxy) is 2. The number of amides is 1. The highest BCUT2D eigenvalue weighted by Crippen LogP contribution is 2.44. The second kappa shape index (κ2) is 4.30. The first-order chi connectivity index (χ1) is 8.63. The second-order valence-corrected chi connectivity index (χ2v) is 5.41. The van der Waals surface area contributed by atoms with Crippen LogP contribution in [0.2, 0.25) is 0 Å². The second-order valence-electron chi connectivity index (χ2n) is 5.41. The molecule has 1 saturated heterocycles. The van der Waals surface area contributed by atoms with Crippen LogP contribution in [-0.2, 0) is 14.3 Å². The Kier molecular flexibility index (Phi) is 2.76. The third kappa shape index (κ3) is 1.98. The van der Waals surface area contributed by atoms with Crippen molar-refractivity contribution in [1.29, 1.82) is 0 Å². The van der Waals surface area contributed by atoms with E-state index in [1.807, 2.05) is 0 Å². The molecule has 2 fully saturated rings. The Hall–Kier alpha value is -1.52. The van der Waals surface area contributed by atoms with Crippen molar-refractivity contribution in [1.82, 2.24) is 4.90 Å². The van der Waals surface area contributed by atoms with Crippen molar-refractivity contribution in [2.45, 2.75) is 18.9 Å². The molecule has 2 bridgehead atoms. The molecule has 1 aliphatic heterocycles. The van der Waals surface area contributed by atoms with Crippen LogP contribution < -0.4 is 0 Å². The third-order valence-corrected chi connectivity index (χ3v) is 4.10. The highest BCUT2D eigenvalue weighted by molar-refractivity contribution is 5.80. The van der Waals surface area contributed by atoms with Crippen LogP contribution in [0.1, 0.15) is 12.8 Å². The largest absolute Gasteiger partial charge is 0.508 e. The number of hydrogen-bond acceptors (Lipinski definition) is 4. The molecule has 0 aromatic carbocycles. The van der Waals surface area contributed by atoms with Crippen molar-refractivity contribution in [2.75, 3.05) is 20.2 Å². The summed E-state index contributed by atoms with van der Waals surface area (Å²) in [4.78, 5) is 24.8. The van der Waals surface area contributed by atoms with Crippen molar-refractivity contribution < 1.29 is 19.1 Å². The van der Waals surface area contributed by atoms with Gasteiger partial charge in [0.1, 0.15) is 6.61 Å². The van der Waals surface area contributed by atoms with Crippen LogP contribution in [-0.4, -0.2) is 43.3 Å². The molecule has 0 aromatic rings. The molecule has 0 spiro atoms. The number of nitrogens with zero attached hydrogens (tertiary/aromatic N) is 1. The number of carbonyl (C=O) groups is 2. The summed E-state index contributed by atoms with van der Waals surface area (Å²) in [5.41, 5.74) is 0. The van der Waals surface area contributed by atoms with Crippen molar-refractivity contribution in [3.63, 3.8) is 0 Å². The Bertz CT molecular complexity index is 406. The lowest BCUT2D eigenvalue weighted by atomic mass is 9.92. The molecule has 2 aliphatic carbocycles. The quantitative estimate of drug-likeness (QED) is 0.558. The van der Waals surface area contributed by atoms with Crippen LogP contribution in [0.4, 0.5) is 4.79 Å². The van der Waals surface area contributed by atoms with Crippen molar-refractivity contribution in [3.05, 3.63) is 12.2 Å². The smallest absolute Gasteiger partial charge is 0.430 e. The van der Waals surface area contributed by atoms with Gasteiger partial charge < -0.3 is 14.4 Å². The number of rotatable bonds is 3. The summed E-state index contributed by atoms with van der Waals surface area (Å²) in [5, 5.41) is 0. The van der Waals surface area contributed by atoms with Crippen LogP contribution in [0.5, 0.6) is 0 Å². The zero-order valence-corrected chi connectivity index (χ0v) is 10.4. The molecular formula is C13H17NO4. The Morgan fingerprint density at radius 1 is 1.44 bits per heavy atom. The van der Waals surface area contributed by atoms with Crippen molar-refractivity contribution in [2.24, 2.45) is 17.8 Å². The Balaban J connectivity index is 1.56. The number of carbonyl (C=O) groups excluding carboxylic acids is 2. The monoisotopic (exact) mass is 251 g/mol. The average Bonchev–Trinajstić information content (AvgIpc) is 3.04. The van der Waals surface area contributed by atoms with Gasteiger partial charge in [0.25, 0.3) is 0 Å². The van der Waals surface area contributed by atoms with E-state index in [9.17, 15) is 9.59 Å². The minimum atomic E-state index is -0.635. The van der Waals surface area contributed by atoms with Crippen molar-refractivity contribution in [3.8, 4) is 0 Å². The van der Waals surface area contributed by atoms with Crippen molar-refractivity contribution >= 4 is 12.1 Å². The number of fused-ring (bicyclic) bond motifs is 2. The maximum Gasteiger partial charge on any atom is 0.508 e. The molecule has 0 aromatic heterocycles. The highest BCUT2D eigenvalue weighted by atomic mass is 16.8. The minimum absolute atomic E-state index is 0.114. The molecule has 5 heteroatoms. The van der Waals surface area contributed by atoms with Gasteiger partial charge in [-0.1, -0.05) is 12.2 Å². The van der Waals surface area contributed by atoms with E-state index in [1.165, 1.54) is 0 Å². The van der Waals surface area contributed by atoms with Gasteiger partial charge in [-0.3, -0.25) is 4.79 Å². The average molecular weight is 251 g/mol. The fourth-order valence-electron chi connectivity index (χ4n) is 3.20. The molecule has 98 valence electrons. The zero-order valence-electron chi connectivity index (χ0n) is 10.4. The van der Waals surface area contributed by atoms with Gasteiger partial charge in [0.2, 0.25) is 5.91 Å². The van der Waals surface area contributed by atoms with E-state index in [2.05, 4.69) is 12.2 Å². The van der Waals surface area contributed by atoms with Gasteiger partial charge in [-0.25, -0.2) is 4.79 Å². The standard InChI is InChI=1S/C13H17NO4/c1-14(6-10-7-17-13(16)18-10)12(15)11-5-8-2-3-9(11)4-8/h2-3,8-11H,4-7H2,1H3. The fourth-order valence-corrected chi connectivity index (χ4v) is 3.20. The molecule has 1 saturated carbocycles. The lowest BCUT2D eigenvalue weighted by Gasteiger charge is -2.25. The van der Waals surface area contributed by atoms with Gasteiger partial charge in [-0.2, -0.15) is 0 Å². The topological polar surface area (TPSA) is 55.8 Å². The van der Waals surface area contributed by atoms with Crippen LogP contribution in [0.3, 0.4) is 0 Å². The Morgan fingerprint density at radius 3 is 2.83 bits per heavy atom. The summed E-state index contributed by atoms with van der Waals surface area (Å²) in [6, 6.07) is 0.